The molecule has 3 aromatic rings. The molecule has 3 rings (SSSR count). The molecule has 0 atom stereocenters. The zero-order valence-electron chi connectivity index (χ0n) is 14.7. The lowest BCUT2D eigenvalue weighted by Gasteiger charge is -2.20. The topological polar surface area (TPSA) is 102 Å². The lowest BCUT2D eigenvalue weighted by atomic mass is 10.2. The van der Waals surface area contributed by atoms with E-state index < -0.39 is 45.7 Å². The summed E-state index contributed by atoms with van der Waals surface area (Å²) in [6.45, 7) is 1.20. The molecule has 0 fully saturated rings. The van der Waals surface area contributed by atoms with Crippen molar-refractivity contribution < 1.29 is 31.7 Å². The zero-order valence-corrected chi connectivity index (χ0v) is 15.4. The number of hydrogen-bond acceptors (Lipinski definition) is 5. The Morgan fingerprint density at radius 2 is 1.87 bits per heavy atom. The van der Waals surface area contributed by atoms with Gasteiger partial charge < -0.3 is 5.32 Å². The first-order chi connectivity index (χ1) is 13.8. The van der Waals surface area contributed by atoms with Gasteiger partial charge in [0.25, 0.3) is 11.6 Å². The van der Waals surface area contributed by atoms with Crippen LogP contribution in [-0.4, -0.2) is 31.6 Å². The number of hydrogen-bond donors (Lipinski definition) is 1. The first-order valence-corrected chi connectivity index (χ1v) is 8.27. The molecule has 1 amide bonds. The average Bonchev–Trinajstić information content (AvgIpc) is 3.05. The summed E-state index contributed by atoms with van der Waals surface area (Å²) in [5.41, 5.74) is -3.24. The number of nitrogens with one attached hydrogen (secondary N) is 1. The van der Waals surface area contributed by atoms with E-state index in [1.165, 1.54) is 6.92 Å². The van der Waals surface area contributed by atoms with Crippen LogP contribution in [0.3, 0.4) is 0 Å². The summed E-state index contributed by atoms with van der Waals surface area (Å²) in [5, 5.41) is 16.5. The van der Waals surface area contributed by atoms with Crippen molar-refractivity contribution in [2.75, 3.05) is 5.32 Å². The molecule has 2 heterocycles. The molecule has 2 aromatic heterocycles. The van der Waals surface area contributed by atoms with Gasteiger partial charge in [-0.1, -0.05) is 11.6 Å². The highest BCUT2D eigenvalue weighted by Crippen LogP contribution is 2.43. The second kappa shape index (κ2) is 7.16. The fraction of sp³-hybridized carbons (Fsp3) is 0.188. The molecule has 158 valence electrons. The Labute approximate surface area is 168 Å². The SMILES string of the molecule is Cc1cc(C(F)(F)C(F)(F)F)n2nc(C(=O)Nc3cc([N+](=O)[O-])ccc3Cl)cc2n1. The predicted octanol–water partition coefficient (Wildman–Crippen LogP) is 4.51. The van der Waals surface area contributed by atoms with Crippen LogP contribution in [0.15, 0.2) is 30.3 Å². The van der Waals surface area contributed by atoms with Crippen LogP contribution in [0.1, 0.15) is 21.9 Å². The molecule has 0 aliphatic carbocycles. The Hall–Kier alpha value is -3.35. The normalized spacial score (nSPS) is 12.2. The second-order valence-electron chi connectivity index (χ2n) is 6.03. The molecule has 0 radical (unpaired) electrons. The first kappa shape index (κ1) is 21.4. The third kappa shape index (κ3) is 3.75. The molecule has 14 heteroatoms. The van der Waals surface area contributed by atoms with E-state index in [-0.39, 0.29) is 20.9 Å². The molecule has 0 spiro atoms. The van der Waals surface area contributed by atoms with Gasteiger partial charge in [0.2, 0.25) is 0 Å². The van der Waals surface area contributed by atoms with Crippen LogP contribution in [0.25, 0.3) is 5.65 Å². The van der Waals surface area contributed by atoms with Gasteiger partial charge in [-0.25, -0.2) is 9.50 Å². The number of aromatic nitrogens is 3. The smallest absolute Gasteiger partial charge is 0.319 e. The van der Waals surface area contributed by atoms with Gasteiger partial charge in [0, 0.05) is 23.9 Å². The van der Waals surface area contributed by atoms with Crippen molar-refractivity contribution in [3.63, 3.8) is 0 Å². The highest BCUT2D eigenvalue weighted by molar-refractivity contribution is 6.34. The number of carbonyl (C=O) groups is 1. The lowest BCUT2D eigenvalue weighted by molar-refractivity contribution is -0.384. The highest BCUT2D eigenvalue weighted by Gasteiger charge is 2.60. The monoisotopic (exact) mass is 449 g/mol. The minimum atomic E-state index is -5.90. The predicted molar refractivity (Wildman–Crippen MR) is 93.7 cm³/mol. The minimum Gasteiger partial charge on any atom is -0.319 e. The van der Waals surface area contributed by atoms with E-state index in [9.17, 15) is 36.9 Å². The quantitative estimate of drug-likeness (QED) is 0.359. The summed E-state index contributed by atoms with van der Waals surface area (Å²) in [7, 11) is 0. The van der Waals surface area contributed by atoms with Gasteiger partial charge in [-0.3, -0.25) is 14.9 Å². The van der Waals surface area contributed by atoms with Gasteiger partial charge >= 0.3 is 12.1 Å². The Morgan fingerprint density at radius 3 is 2.47 bits per heavy atom. The van der Waals surface area contributed by atoms with Crippen LogP contribution in [0, 0.1) is 17.0 Å². The number of non-ortho nitro benzene ring substituents is 1. The maximum absolute atomic E-state index is 13.9. The van der Waals surface area contributed by atoms with Gasteiger partial charge in [-0.05, 0) is 19.1 Å². The Bertz CT molecular complexity index is 1180. The number of rotatable bonds is 4. The summed E-state index contributed by atoms with van der Waals surface area (Å²) >= 11 is 5.87. The number of aryl methyl sites for hydroxylation is 1. The number of halogens is 6. The summed E-state index contributed by atoms with van der Waals surface area (Å²) in [4.78, 5) is 26.3. The van der Waals surface area contributed by atoms with Crippen molar-refractivity contribution in [3.8, 4) is 0 Å². The largest absolute Gasteiger partial charge is 0.459 e. The maximum atomic E-state index is 13.9. The van der Waals surface area contributed by atoms with E-state index in [0.29, 0.717) is 6.07 Å². The van der Waals surface area contributed by atoms with Crippen molar-refractivity contribution in [1.82, 2.24) is 14.6 Å². The molecular formula is C16H9ClF5N5O3. The van der Waals surface area contributed by atoms with Crippen molar-refractivity contribution in [2.24, 2.45) is 0 Å². The number of amides is 1. The fourth-order valence-electron chi connectivity index (χ4n) is 2.49. The third-order valence-corrected chi connectivity index (χ3v) is 4.20. The van der Waals surface area contributed by atoms with Gasteiger partial charge in [0.15, 0.2) is 11.3 Å². The number of nitrogens with zero attached hydrogens (tertiary/aromatic N) is 4. The van der Waals surface area contributed by atoms with Crippen LogP contribution in [0.2, 0.25) is 5.02 Å². The maximum Gasteiger partial charge on any atom is 0.459 e. The Kier molecular flexibility index (Phi) is 5.10. The zero-order chi connectivity index (χ0) is 22.4. The third-order valence-electron chi connectivity index (χ3n) is 3.87. The van der Waals surface area contributed by atoms with E-state index in [1.807, 2.05) is 0 Å². The number of benzene rings is 1. The molecular weight excluding hydrogens is 441 g/mol. The average molecular weight is 450 g/mol. The number of nitro groups is 1. The van der Waals surface area contributed by atoms with Gasteiger partial charge in [-0.2, -0.15) is 27.1 Å². The lowest BCUT2D eigenvalue weighted by Crippen LogP contribution is -2.36. The number of anilines is 1. The van der Waals surface area contributed by atoms with Gasteiger partial charge in [0.05, 0.1) is 15.6 Å². The minimum absolute atomic E-state index is 0.0732. The summed E-state index contributed by atoms with van der Waals surface area (Å²) < 4.78 is 66.5. The Balaban J connectivity index is 2.04. The Morgan fingerprint density at radius 1 is 1.20 bits per heavy atom. The molecule has 1 aromatic carbocycles. The van der Waals surface area contributed by atoms with Crippen LogP contribution in [0.5, 0.6) is 0 Å². The van der Waals surface area contributed by atoms with Crippen LogP contribution >= 0.6 is 11.6 Å². The number of fused-ring (bicyclic) bond motifs is 1. The van der Waals surface area contributed by atoms with Crippen molar-refractivity contribution in [1.29, 1.82) is 0 Å². The van der Waals surface area contributed by atoms with Gasteiger partial charge in [-0.15, -0.1) is 0 Å². The second-order valence-corrected chi connectivity index (χ2v) is 6.44. The molecule has 30 heavy (non-hydrogen) atoms. The molecule has 8 nitrogen and oxygen atoms in total. The molecule has 0 aliphatic rings. The number of alkyl halides is 5. The molecule has 0 aliphatic heterocycles. The molecule has 0 unspecified atom stereocenters. The summed E-state index contributed by atoms with van der Waals surface area (Å²) in [6.07, 6.45) is -5.90. The van der Waals surface area contributed by atoms with E-state index in [1.54, 1.807) is 0 Å². The molecule has 0 bridgehead atoms. The number of carbonyl (C=O) groups excluding carboxylic acids is 1. The molecule has 0 saturated heterocycles. The van der Waals surface area contributed by atoms with E-state index in [4.69, 9.17) is 11.6 Å². The van der Waals surface area contributed by atoms with E-state index in [0.717, 1.165) is 24.3 Å². The van der Waals surface area contributed by atoms with Crippen molar-refractivity contribution in [3.05, 3.63) is 62.6 Å². The molecule has 1 N–H and O–H groups in total. The van der Waals surface area contributed by atoms with Crippen molar-refractivity contribution in [2.45, 2.75) is 19.0 Å². The highest BCUT2D eigenvalue weighted by atomic mass is 35.5. The first-order valence-electron chi connectivity index (χ1n) is 7.89. The van der Waals surface area contributed by atoms with Crippen LogP contribution in [-0.2, 0) is 5.92 Å². The van der Waals surface area contributed by atoms with E-state index >= 15 is 0 Å². The van der Waals surface area contributed by atoms with E-state index in [2.05, 4.69) is 15.4 Å². The standard InChI is InChI=1S/C16H9ClF5N5O3/c1-7-4-12(15(18,19)16(20,21)22)26-13(23-7)6-11(25-26)14(28)24-10-5-8(27(29)30)2-3-9(10)17/h2-6H,1H3,(H,24,28). The fourth-order valence-corrected chi connectivity index (χ4v) is 2.65. The summed E-state index contributed by atoms with van der Waals surface area (Å²) in [5.74, 6) is -6.32. The van der Waals surface area contributed by atoms with Crippen molar-refractivity contribution >= 4 is 34.5 Å². The van der Waals surface area contributed by atoms with Crippen LogP contribution in [0.4, 0.5) is 33.3 Å². The number of nitro benzene ring substituents is 1. The summed E-state index contributed by atoms with van der Waals surface area (Å²) in [6, 6.07) is 4.57. The van der Waals surface area contributed by atoms with Gasteiger partial charge in [0.1, 0.15) is 5.69 Å². The molecule has 0 saturated carbocycles. The van der Waals surface area contributed by atoms with Crippen LogP contribution < -0.4 is 5.32 Å².